The summed E-state index contributed by atoms with van der Waals surface area (Å²) in [5, 5.41) is 2.35. The first kappa shape index (κ1) is 27.8. The van der Waals surface area contributed by atoms with Crippen LogP contribution in [0.1, 0.15) is 46.1 Å². The van der Waals surface area contributed by atoms with Crippen LogP contribution in [0.4, 0.5) is 31.1 Å². The van der Waals surface area contributed by atoms with Crippen molar-refractivity contribution in [2.75, 3.05) is 6.61 Å². The van der Waals surface area contributed by atoms with Crippen molar-refractivity contribution >= 4 is 6.09 Å². The summed E-state index contributed by atoms with van der Waals surface area (Å²) < 4.78 is 84.8. The molecule has 14 heteroatoms. The Labute approximate surface area is 185 Å². The van der Waals surface area contributed by atoms with E-state index in [1.807, 2.05) is 13.8 Å². The number of nitrogens with zero attached hydrogens (tertiary/aromatic N) is 4. The van der Waals surface area contributed by atoms with E-state index in [1.54, 1.807) is 20.8 Å². The van der Waals surface area contributed by atoms with E-state index >= 15 is 0 Å². The predicted octanol–water partition coefficient (Wildman–Crippen LogP) is 4.94. The SMILES string of the molecule is CC.CC(C)(C)OC(=O)NCc1cc(-c2cnc(C(F)(F)F)nc2)nc(OCC(F)(F)F)n1. The summed E-state index contributed by atoms with van der Waals surface area (Å²) >= 11 is 0. The lowest BCUT2D eigenvalue weighted by Gasteiger charge is -2.19. The summed E-state index contributed by atoms with van der Waals surface area (Å²) in [6.45, 7) is 6.91. The number of hydrogen-bond acceptors (Lipinski definition) is 7. The number of alkyl carbamates (subject to hydrolysis) is 1. The maximum atomic E-state index is 12.6. The first-order chi connectivity index (χ1) is 15.1. The number of nitrogens with one attached hydrogen (secondary N) is 1. The van der Waals surface area contributed by atoms with E-state index in [-0.39, 0.29) is 23.5 Å². The normalized spacial score (nSPS) is 11.8. The number of alkyl halides is 6. The third kappa shape index (κ3) is 10.3. The first-order valence-corrected chi connectivity index (χ1v) is 9.56. The van der Waals surface area contributed by atoms with Gasteiger partial charge < -0.3 is 14.8 Å². The Morgan fingerprint density at radius 1 is 1.00 bits per heavy atom. The van der Waals surface area contributed by atoms with E-state index in [9.17, 15) is 31.1 Å². The van der Waals surface area contributed by atoms with Gasteiger partial charge in [0.1, 0.15) is 5.60 Å². The topological polar surface area (TPSA) is 99.1 Å². The van der Waals surface area contributed by atoms with Crippen LogP contribution in [0.15, 0.2) is 18.5 Å². The van der Waals surface area contributed by atoms with Crippen molar-refractivity contribution < 1.29 is 40.6 Å². The van der Waals surface area contributed by atoms with Gasteiger partial charge in [0, 0.05) is 18.0 Å². The lowest BCUT2D eigenvalue weighted by atomic mass is 10.2. The van der Waals surface area contributed by atoms with E-state index in [0.717, 1.165) is 12.4 Å². The molecular weight excluding hydrogens is 460 g/mol. The van der Waals surface area contributed by atoms with Crippen LogP contribution in [-0.4, -0.2) is 44.4 Å². The maximum absolute atomic E-state index is 12.6. The highest BCUT2D eigenvalue weighted by atomic mass is 19.4. The summed E-state index contributed by atoms with van der Waals surface area (Å²) in [6, 6.07) is 0.528. The molecule has 0 radical (unpaired) electrons. The molecule has 2 rings (SSSR count). The molecule has 0 saturated carbocycles. The van der Waals surface area contributed by atoms with Gasteiger partial charge in [0.2, 0.25) is 5.82 Å². The molecular formula is C19H23F6N5O3. The number of halogens is 6. The van der Waals surface area contributed by atoms with Gasteiger partial charge in [0.15, 0.2) is 6.61 Å². The summed E-state index contributed by atoms with van der Waals surface area (Å²) in [7, 11) is 0. The zero-order chi connectivity index (χ0) is 25.4. The number of hydrogen-bond donors (Lipinski definition) is 1. The minimum Gasteiger partial charge on any atom is -0.454 e. The molecule has 1 amide bonds. The van der Waals surface area contributed by atoms with Crippen molar-refractivity contribution in [3.05, 3.63) is 30.0 Å². The molecule has 0 aliphatic carbocycles. The molecule has 2 heterocycles. The van der Waals surface area contributed by atoms with E-state index in [4.69, 9.17) is 4.74 Å². The maximum Gasteiger partial charge on any atom is 0.451 e. The fourth-order valence-corrected chi connectivity index (χ4v) is 2.01. The van der Waals surface area contributed by atoms with Gasteiger partial charge in [-0.15, -0.1) is 0 Å². The van der Waals surface area contributed by atoms with Crippen molar-refractivity contribution in [1.29, 1.82) is 0 Å². The monoisotopic (exact) mass is 483 g/mol. The highest BCUT2D eigenvalue weighted by Gasteiger charge is 2.34. The van der Waals surface area contributed by atoms with Crippen LogP contribution in [0.2, 0.25) is 0 Å². The summed E-state index contributed by atoms with van der Waals surface area (Å²) in [6.07, 6.45) is -8.66. The van der Waals surface area contributed by atoms with Gasteiger partial charge in [-0.25, -0.2) is 14.8 Å². The van der Waals surface area contributed by atoms with Crippen LogP contribution in [-0.2, 0) is 17.5 Å². The first-order valence-electron chi connectivity index (χ1n) is 9.56. The standard InChI is InChI=1S/C17H17F6N5O3.C2H6/c1-15(2,3)31-14(29)26-7-10-4-11(28-13(27-10)30-8-16(18,19)20)9-5-24-12(25-6-9)17(21,22)23;1-2/h4-6H,7-8H2,1-3H3,(H,26,29);1-2H3. The van der Waals surface area contributed by atoms with Crippen LogP contribution < -0.4 is 10.1 Å². The highest BCUT2D eigenvalue weighted by Crippen LogP contribution is 2.27. The van der Waals surface area contributed by atoms with E-state index in [0.29, 0.717) is 0 Å². The third-order valence-electron chi connectivity index (χ3n) is 3.14. The molecule has 0 aliphatic heterocycles. The van der Waals surface area contributed by atoms with Crippen molar-refractivity contribution in [2.24, 2.45) is 0 Å². The van der Waals surface area contributed by atoms with Gasteiger partial charge in [-0.3, -0.25) is 0 Å². The molecule has 8 nitrogen and oxygen atoms in total. The molecule has 1 N–H and O–H groups in total. The van der Waals surface area contributed by atoms with Crippen LogP contribution >= 0.6 is 0 Å². The molecule has 0 fully saturated rings. The van der Waals surface area contributed by atoms with Crippen molar-refractivity contribution in [3.63, 3.8) is 0 Å². The van der Waals surface area contributed by atoms with Crippen molar-refractivity contribution in [2.45, 2.75) is 59.1 Å². The second kappa shape index (κ2) is 11.1. The summed E-state index contributed by atoms with van der Waals surface area (Å²) in [5.41, 5.74) is -0.931. The third-order valence-corrected chi connectivity index (χ3v) is 3.14. The Balaban J connectivity index is 0.00000265. The second-order valence-electron chi connectivity index (χ2n) is 7.08. The molecule has 0 atom stereocenters. The summed E-state index contributed by atoms with van der Waals surface area (Å²) in [4.78, 5) is 25.6. The number of amides is 1. The smallest absolute Gasteiger partial charge is 0.451 e. The number of carbonyl (C=O) groups excluding carboxylic acids is 1. The Hall–Kier alpha value is -3.19. The van der Waals surface area contributed by atoms with Crippen LogP contribution in [0.25, 0.3) is 11.3 Å². The average Bonchev–Trinajstić information content (AvgIpc) is 2.70. The van der Waals surface area contributed by atoms with Crippen molar-refractivity contribution in [1.82, 2.24) is 25.3 Å². The zero-order valence-electron chi connectivity index (χ0n) is 18.4. The molecule has 0 aromatic carbocycles. The molecule has 2 aromatic heterocycles. The molecule has 33 heavy (non-hydrogen) atoms. The fourth-order valence-electron chi connectivity index (χ4n) is 2.01. The minimum absolute atomic E-state index is 0.00734. The number of aromatic nitrogens is 4. The number of rotatable bonds is 5. The average molecular weight is 483 g/mol. The van der Waals surface area contributed by atoms with Gasteiger partial charge >= 0.3 is 24.5 Å². The Morgan fingerprint density at radius 3 is 2.06 bits per heavy atom. The van der Waals surface area contributed by atoms with E-state index in [1.165, 1.54) is 6.07 Å². The quantitative estimate of drug-likeness (QED) is 0.601. The fraction of sp³-hybridized carbons (Fsp3) is 0.526. The molecule has 0 bridgehead atoms. The molecule has 0 spiro atoms. The molecule has 2 aromatic rings. The van der Waals surface area contributed by atoms with E-state index < -0.39 is 42.5 Å². The largest absolute Gasteiger partial charge is 0.454 e. The van der Waals surface area contributed by atoms with Crippen LogP contribution in [0, 0.1) is 0 Å². The molecule has 0 unspecified atom stereocenters. The zero-order valence-corrected chi connectivity index (χ0v) is 18.4. The van der Waals surface area contributed by atoms with Gasteiger partial charge in [-0.1, -0.05) is 13.8 Å². The van der Waals surface area contributed by atoms with Gasteiger partial charge in [0.05, 0.1) is 17.9 Å². The number of carbonyl (C=O) groups is 1. The second-order valence-corrected chi connectivity index (χ2v) is 7.08. The van der Waals surface area contributed by atoms with Gasteiger partial charge in [-0.05, 0) is 26.8 Å². The number of ether oxygens (including phenoxy) is 2. The Morgan fingerprint density at radius 2 is 1.58 bits per heavy atom. The van der Waals surface area contributed by atoms with Gasteiger partial charge in [-0.2, -0.15) is 36.3 Å². The predicted molar refractivity (Wildman–Crippen MR) is 104 cm³/mol. The van der Waals surface area contributed by atoms with Crippen LogP contribution in [0.5, 0.6) is 6.01 Å². The van der Waals surface area contributed by atoms with E-state index in [2.05, 4.69) is 30.0 Å². The minimum atomic E-state index is -4.77. The summed E-state index contributed by atoms with van der Waals surface area (Å²) in [5.74, 6) is -1.40. The van der Waals surface area contributed by atoms with Crippen LogP contribution in [0.3, 0.4) is 0 Å². The lowest BCUT2D eigenvalue weighted by molar-refractivity contribution is -0.154. The Bertz CT molecular complexity index is 912. The molecule has 0 saturated heterocycles. The molecule has 184 valence electrons. The molecule has 0 aliphatic rings. The highest BCUT2D eigenvalue weighted by molar-refractivity contribution is 5.67. The lowest BCUT2D eigenvalue weighted by Crippen LogP contribution is -2.32. The van der Waals surface area contributed by atoms with Gasteiger partial charge in [0.25, 0.3) is 0 Å². The van der Waals surface area contributed by atoms with Crippen molar-refractivity contribution in [3.8, 4) is 17.3 Å². The Kier molecular flexibility index (Phi) is 9.36.